The van der Waals surface area contributed by atoms with Gasteiger partial charge >= 0.3 is 0 Å². The van der Waals surface area contributed by atoms with Crippen LogP contribution >= 0.6 is 0 Å². The van der Waals surface area contributed by atoms with Crippen LogP contribution in [0.5, 0.6) is 0 Å². The molecule has 0 fully saturated rings. The predicted molar refractivity (Wildman–Crippen MR) is 72.1 cm³/mol. The van der Waals surface area contributed by atoms with Gasteiger partial charge in [-0.05, 0) is 68.5 Å². The maximum atomic E-state index is 3.49. The Kier molecular flexibility index (Phi) is 5.01. The largest absolute Gasteiger partial charge is 0.316 e. The summed E-state index contributed by atoms with van der Waals surface area (Å²) >= 11 is 0. The molecule has 1 nitrogen and oxygen atoms in total. The van der Waals surface area contributed by atoms with Crippen LogP contribution in [0.15, 0.2) is 12.1 Å². The lowest BCUT2D eigenvalue weighted by Gasteiger charge is -2.11. The summed E-state index contributed by atoms with van der Waals surface area (Å²) in [5.74, 6) is 0.737. The molecule has 0 aliphatic rings. The van der Waals surface area contributed by atoms with Crippen molar-refractivity contribution in [1.82, 2.24) is 5.32 Å². The van der Waals surface area contributed by atoms with Gasteiger partial charge in [-0.25, -0.2) is 0 Å². The van der Waals surface area contributed by atoms with Crippen LogP contribution in [0.3, 0.4) is 0 Å². The molecule has 1 heteroatoms. The minimum Gasteiger partial charge on any atom is -0.316 e. The summed E-state index contributed by atoms with van der Waals surface area (Å²) in [6.45, 7) is 13.3. The average Bonchev–Trinajstić information content (AvgIpc) is 2.19. The molecule has 0 aliphatic carbocycles. The van der Waals surface area contributed by atoms with Crippen molar-refractivity contribution in [3.05, 3.63) is 34.4 Å². The Labute approximate surface area is 100 Å². The maximum Gasteiger partial charge on any atom is -0.000814 e. The summed E-state index contributed by atoms with van der Waals surface area (Å²) in [6, 6.07) is 4.63. The second-order valence-corrected chi connectivity index (χ2v) is 5.21. The summed E-state index contributed by atoms with van der Waals surface area (Å²) < 4.78 is 0. The van der Waals surface area contributed by atoms with E-state index in [0.29, 0.717) is 0 Å². The lowest BCUT2D eigenvalue weighted by Crippen LogP contribution is -2.22. The number of nitrogens with one attached hydrogen (secondary N) is 1. The van der Waals surface area contributed by atoms with Gasteiger partial charge in [0, 0.05) is 0 Å². The predicted octanol–water partition coefficient (Wildman–Crippen LogP) is 3.40. The second kappa shape index (κ2) is 6.05. The van der Waals surface area contributed by atoms with Crippen molar-refractivity contribution in [3.8, 4) is 0 Å². The summed E-state index contributed by atoms with van der Waals surface area (Å²) in [6.07, 6.45) is 1.14. The molecule has 0 radical (unpaired) electrons. The van der Waals surface area contributed by atoms with Gasteiger partial charge in [0.1, 0.15) is 0 Å². The normalized spacial score (nSPS) is 11.1. The van der Waals surface area contributed by atoms with Crippen LogP contribution in [0.2, 0.25) is 0 Å². The summed E-state index contributed by atoms with van der Waals surface area (Å²) in [5, 5.41) is 3.49. The van der Waals surface area contributed by atoms with Crippen molar-refractivity contribution in [3.63, 3.8) is 0 Å². The fraction of sp³-hybridized carbons (Fsp3) is 0.600. The van der Waals surface area contributed by atoms with Gasteiger partial charge < -0.3 is 5.32 Å². The van der Waals surface area contributed by atoms with Crippen molar-refractivity contribution >= 4 is 0 Å². The summed E-state index contributed by atoms with van der Waals surface area (Å²) in [7, 11) is 0. The lowest BCUT2D eigenvalue weighted by molar-refractivity contribution is 0.554. The van der Waals surface area contributed by atoms with Crippen LogP contribution in [-0.4, -0.2) is 13.1 Å². The molecule has 0 heterocycles. The van der Waals surface area contributed by atoms with Crippen LogP contribution in [0, 0.1) is 26.7 Å². The van der Waals surface area contributed by atoms with Crippen LogP contribution in [-0.2, 0) is 6.42 Å². The van der Waals surface area contributed by atoms with Gasteiger partial charge in [-0.15, -0.1) is 0 Å². The molecule has 0 saturated carbocycles. The zero-order valence-corrected chi connectivity index (χ0v) is 11.4. The Bertz CT molecular complexity index is 340. The molecule has 0 unspecified atom stereocenters. The van der Waals surface area contributed by atoms with Gasteiger partial charge in [-0.2, -0.15) is 0 Å². The van der Waals surface area contributed by atoms with Crippen molar-refractivity contribution in [1.29, 1.82) is 0 Å². The molecule has 1 rings (SSSR count). The van der Waals surface area contributed by atoms with E-state index in [1.807, 2.05) is 0 Å². The minimum atomic E-state index is 0.737. The molecule has 0 atom stereocenters. The Morgan fingerprint density at radius 2 is 1.62 bits per heavy atom. The van der Waals surface area contributed by atoms with E-state index in [1.54, 1.807) is 0 Å². The third kappa shape index (κ3) is 3.97. The van der Waals surface area contributed by atoms with Crippen LogP contribution < -0.4 is 5.32 Å². The van der Waals surface area contributed by atoms with Gasteiger partial charge in [0.15, 0.2) is 0 Å². The Morgan fingerprint density at radius 3 is 2.25 bits per heavy atom. The molecular weight excluding hydrogens is 194 g/mol. The maximum absolute atomic E-state index is 3.49. The van der Waals surface area contributed by atoms with E-state index < -0.39 is 0 Å². The highest BCUT2D eigenvalue weighted by atomic mass is 14.8. The smallest absolute Gasteiger partial charge is 0.000814 e. The molecule has 1 N–H and O–H groups in total. The van der Waals surface area contributed by atoms with E-state index >= 15 is 0 Å². The first-order chi connectivity index (χ1) is 7.50. The van der Waals surface area contributed by atoms with E-state index in [2.05, 4.69) is 52.1 Å². The highest BCUT2D eigenvalue weighted by molar-refractivity contribution is 5.36. The zero-order chi connectivity index (χ0) is 12.1. The third-order valence-electron chi connectivity index (χ3n) is 3.08. The quantitative estimate of drug-likeness (QED) is 0.748. The summed E-state index contributed by atoms with van der Waals surface area (Å²) in [5.41, 5.74) is 5.72. The standard InChI is InChI=1S/C15H25N/c1-11(2)10-16-7-6-15-9-13(4)12(3)8-14(15)5/h8-9,11,16H,6-7,10H2,1-5H3. The van der Waals surface area contributed by atoms with Crippen molar-refractivity contribution < 1.29 is 0 Å². The molecule has 0 aliphatic heterocycles. The van der Waals surface area contributed by atoms with Gasteiger partial charge in [-0.3, -0.25) is 0 Å². The zero-order valence-electron chi connectivity index (χ0n) is 11.4. The number of rotatable bonds is 5. The first kappa shape index (κ1) is 13.2. The van der Waals surface area contributed by atoms with Crippen molar-refractivity contribution in [2.75, 3.05) is 13.1 Å². The lowest BCUT2D eigenvalue weighted by atomic mass is 9.99. The highest BCUT2D eigenvalue weighted by Gasteiger charge is 2.01. The third-order valence-corrected chi connectivity index (χ3v) is 3.08. The molecule has 16 heavy (non-hydrogen) atoms. The van der Waals surface area contributed by atoms with Gasteiger partial charge in [0.25, 0.3) is 0 Å². The van der Waals surface area contributed by atoms with Crippen LogP contribution in [0.4, 0.5) is 0 Å². The molecule has 1 aromatic carbocycles. The van der Waals surface area contributed by atoms with E-state index in [-0.39, 0.29) is 0 Å². The van der Waals surface area contributed by atoms with Crippen molar-refractivity contribution in [2.24, 2.45) is 5.92 Å². The van der Waals surface area contributed by atoms with Gasteiger partial charge in [0.2, 0.25) is 0 Å². The Balaban J connectivity index is 2.51. The average molecular weight is 219 g/mol. The fourth-order valence-corrected chi connectivity index (χ4v) is 1.90. The van der Waals surface area contributed by atoms with E-state index in [9.17, 15) is 0 Å². The molecule has 0 aromatic heterocycles. The SMILES string of the molecule is Cc1cc(C)c(CCNCC(C)C)cc1C. The first-order valence-electron chi connectivity index (χ1n) is 6.28. The Morgan fingerprint density at radius 1 is 1.00 bits per heavy atom. The molecule has 0 spiro atoms. The number of hydrogen-bond donors (Lipinski definition) is 1. The monoisotopic (exact) mass is 219 g/mol. The van der Waals surface area contributed by atoms with Crippen molar-refractivity contribution in [2.45, 2.75) is 41.0 Å². The van der Waals surface area contributed by atoms with Crippen LogP contribution in [0.25, 0.3) is 0 Å². The molecule has 0 bridgehead atoms. The molecule has 1 aromatic rings. The fourth-order valence-electron chi connectivity index (χ4n) is 1.90. The first-order valence-corrected chi connectivity index (χ1v) is 6.28. The van der Waals surface area contributed by atoms with Crippen LogP contribution in [0.1, 0.15) is 36.1 Å². The number of hydrogen-bond acceptors (Lipinski definition) is 1. The number of aryl methyl sites for hydroxylation is 3. The van der Waals surface area contributed by atoms with Gasteiger partial charge in [-0.1, -0.05) is 26.0 Å². The summed E-state index contributed by atoms with van der Waals surface area (Å²) in [4.78, 5) is 0. The molecule has 0 amide bonds. The van der Waals surface area contributed by atoms with E-state index in [4.69, 9.17) is 0 Å². The van der Waals surface area contributed by atoms with Gasteiger partial charge in [0.05, 0.1) is 0 Å². The van der Waals surface area contributed by atoms with E-state index in [0.717, 1.165) is 25.4 Å². The molecule has 0 saturated heterocycles. The topological polar surface area (TPSA) is 12.0 Å². The Hall–Kier alpha value is -0.820. The van der Waals surface area contributed by atoms with E-state index in [1.165, 1.54) is 22.3 Å². The highest BCUT2D eigenvalue weighted by Crippen LogP contribution is 2.15. The minimum absolute atomic E-state index is 0.737. The number of benzene rings is 1. The second-order valence-electron chi connectivity index (χ2n) is 5.21. The molecule has 90 valence electrons. The molecular formula is C15H25N.